The van der Waals surface area contributed by atoms with E-state index in [0.29, 0.717) is 4.75 Å². The number of fused-ring (bicyclic) bond motifs is 1. The molecule has 0 aliphatic heterocycles. The Morgan fingerprint density at radius 3 is 2.50 bits per heavy atom. The van der Waals surface area contributed by atoms with Crippen molar-refractivity contribution in [2.45, 2.75) is 51.7 Å². The van der Waals surface area contributed by atoms with Gasteiger partial charge < -0.3 is 5.32 Å². The lowest BCUT2D eigenvalue weighted by atomic mass is 9.93. The SMILES string of the molecule is CC(C)(C)SCCNc1nn2cc(C(C)(C)C)nc2s1. The van der Waals surface area contributed by atoms with E-state index in [4.69, 9.17) is 0 Å². The minimum atomic E-state index is 0.0738. The highest BCUT2D eigenvalue weighted by Crippen LogP contribution is 2.26. The molecule has 0 saturated carbocycles. The van der Waals surface area contributed by atoms with Crippen molar-refractivity contribution in [2.75, 3.05) is 17.6 Å². The van der Waals surface area contributed by atoms with Crippen molar-refractivity contribution >= 4 is 33.2 Å². The molecule has 0 bridgehead atoms. The van der Waals surface area contributed by atoms with Gasteiger partial charge in [0.05, 0.1) is 11.9 Å². The Labute approximate surface area is 129 Å². The number of imidazole rings is 1. The van der Waals surface area contributed by atoms with E-state index in [1.54, 1.807) is 11.3 Å². The number of rotatable bonds is 4. The zero-order valence-electron chi connectivity index (χ0n) is 13.1. The van der Waals surface area contributed by atoms with Crippen molar-refractivity contribution in [3.05, 3.63) is 11.9 Å². The van der Waals surface area contributed by atoms with Gasteiger partial charge in [-0.05, 0) is 0 Å². The van der Waals surface area contributed by atoms with E-state index in [1.807, 2.05) is 22.5 Å². The third-order valence-electron chi connectivity index (χ3n) is 2.72. The maximum absolute atomic E-state index is 4.65. The predicted octanol–water partition coefficient (Wildman–Crippen LogP) is 4.03. The van der Waals surface area contributed by atoms with Crippen LogP contribution in [0.15, 0.2) is 6.20 Å². The number of hydrogen-bond donors (Lipinski definition) is 1. The third kappa shape index (κ3) is 4.12. The monoisotopic (exact) mass is 312 g/mol. The molecule has 0 saturated heterocycles. The summed E-state index contributed by atoms with van der Waals surface area (Å²) in [6.45, 7) is 14.2. The Kier molecular flexibility index (Phi) is 4.35. The van der Waals surface area contributed by atoms with Crippen LogP contribution in [0.4, 0.5) is 5.13 Å². The van der Waals surface area contributed by atoms with Crippen LogP contribution < -0.4 is 5.32 Å². The summed E-state index contributed by atoms with van der Waals surface area (Å²) in [4.78, 5) is 5.61. The van der Waals surface area contributed by atoms with Crippen LogP contribution in [0.2, 0.25) is 0 Å². The van der Waals surface area contributed by atoms with Gasteiger partial charge in [-0.15, -0.1) is 5.10 Å². The number of nitrogens with zero attached hydrogens (tertiary/aromatic N) is 3. The first kappa shape index (κ1) is 15.6. The topological polar surface area (TPSA) is 42.2 Å². The number of thioether (sulfide) groups is 1. The van der Waals surface area contributed by atoms with Gasteiger partial charge in [-0.3, -0.25) is 0 Å². The van der Waals surface area contributed by atoms with Gasteiger partial charge in [0, 0.05) is 22.5 Å². The first-order valence-electron chi connectivity index (χ1n) is 6.90. The lowest BCUT2D eigenvalue weighted by molar-refractivity contribution is 0.572. The van der Waals surface area contributed by atoms with Gasteiger partial charge in [-0.2, -0.15) is 11.8 Å². The Morgan fingerprint density at radius 2 is 1.95 bits per heavy atom. The van der Waals surface area contributed by atoms with Crippen LogP contribution in [0.25, 0.3) is 4.96 Å². The van der Waals surface area contributed by atoms with E-state index in [1.165, 1.54) is 0 Å². The molecule has 0 radical (unpaired) electrons. The van der Waals surface area contributed by atoms with Crippen molar-refractivity contribution in [3.8, 4) is 0 Å². The Balaban J connectivity index is 1.94. The Hall–Kier alpha value is -0.750. The maximum atomic E-state index is 4.65. The molecule has 0 aromatic carbocycles. The van der Waals surface area contributed by atoms with Crippen LogP contribution in [0.3, 0.4) is 0 Å². The van der Waals surface area contributed by atoms with Crippen molar-refractivity contribution in [2.24, 2.45) is 0 Å². The normalized spacial score (nSPS) is 13.1. The highest BCUT2D eigenvalue weighted by molar-refractivity contribution is 8.00. The summed E-state index contributed by atoms with van der Waals surface area (Å²) < 4.78 is 2.20. The van der Waals surface area contributed by atoms with Gasteiger partial charge >= 0.3 is 0 Å². The van der Waals surface area contributed by atoms with Gasteiger partial charge in [0.15, 0.2) is 0 Å². The third-order valence-corrected chi connectivity index (χ3v) is 4.88. The molecule has 0 spiro atoms. The van der Waals surface area contributed by atoms with E-state index < -0.39 is 0 Å². The quantitative estimate of drug-likeness (QED) is 0.866. The molecule has 6 heteroatoms. The average molecular weight is 313 g/mol. The fourth-order valence-electron chi connectivity index (χ4n) is 1.65. The van der Waals surface area contributed by atoms with Crippen LogP contribution in [-0.4, -0.2) is 31.6 Å². The molecular weight excluding hydrogens is 288 g/mol. The van der Waals surface area contributed by atoms with E-state index in [-0.39, 0.29) is 5.41 Å². The fourth-order valence-corrected chi connectivity index (χ4v) is 3.27. The van der Waals surface area contributed by atoms with Crippen molar-refractivity contribution in [3.63, 3.8) is 0 Å². The van der Waals surface area contributed by atoms with Crippen molar-refractivity contribution < 1.29 is 0 Å². The van der Waals surface area contributed by atoms with Gasteiger partial charge in [-0.25, -0.2) is 9.50 Å². The highest BCUT2D eigenvalue weighted by atomic mass is 32.2. The molecule has 0 amide bonds. The summed E-state index contributed by atoms with van der Waals surface area (Å²) in [5.74, 6) is 1.08. The predicted molar refractivity (Wildman–Crippen MR) is 90.3 cm³/mol. The Bertz CT molecular complexity index is 541. The summed E-state index contributed by atoms with van der Waals surface area (Å²) in [6, 6.07) is 0. The van der Waals surface area contributed by atoms with E-state index in [0.717, 1.165) is 28.1 Å². The fraction of sp³-hybridized carbons (Fsp3) is 0.714. The minimum Gasteiger partial charge on any atom is -0.359 e. The van der Waals surface area contributed by atoms with Crippen molar-refractivity contribution in [1.82, 2.24) is 14.6 Å². The van der Waals surface area contributed by atoms with E-state index >= 15 is 0 Å². The summed E-state index contributed by atoms with van der Waals surface area (Å²) in [5, 5.41) is 8.86. The maximum Gasteiger partial charge on any atom is 0.214 e. The van der Waals surface area contributed by atoms with Crippen molar-refractivity contribution in [1.29, 1.82) is 0 Å². The molecule has 0 unspecified atom stereocenters. The smallest absolute Gasteiger partial charge is 0.214 e. The van der Waals surface area contributed by atoms with Gasteiger partial charge in [0.1, 0.15) is 0 Å². The molecule has 0 atom stereocenters. The summed E-state index contributed by atoms with van der Waals surface area (Å²) in [5.41, 5.74) is 1.16. The summed E-state index contributed by atoms with van der Waals surface area (Å²) in [7, 11) is 0. The molecule has 1 N–H and O–H groups in total. The second-order valence-corrected chi connectivity index (χ2v) is 9.78. The molecule has 2 rings (SSSR count). The summed E-state index contributed by atoms with van der Waals surface area (Å²) in [6.07, 6.45) is 2.03. The largest absolute Gasteiger partial charge is 0.359 e. The number of hydrogen-bond acceptors (Lipinski definition) is 5. The standard InChI is InChI=1S/C14H24N4S2/c1-13(2,3)10-9-18-12(16-10)20-11(17-18)15-7-8-19-14(4,5)6/h9H,7-8H2,1-6H3,(H,15,17). The first-order valence-corrected chi connectivity index (χ1v) is 8.70. The van der Waals surface area contributed by atoms with Crippen LogP contribution in [0.5, 0.6) is 0 Å². The van der Waals surface area contributed by atoms with Gasteiger partial charge in [0.2, 0.25) is 10.1 Å². The molecule has 4 nitrogen and oxygen atoms in total. The number of aromatic nitrogens is 3. The number of nitrogens with one attached hydrogen (secondary N) is 1. The molecule has 112 valence electrons. The molecule has 2 heterocycles. The van der Waals surface area contributed by atoms with Crippen LogP contribution in [0, 0.1) is 0 Å². The molecular formula is C14H24N4S2. The molecule has 0 aliphatic carbocycles. The average Bonchev–Trinajstić information content (AvgIpc) is 2.79. The first-order chi connectivity index (χ1) is 9.15. The number of anilines is 1. The minimum absolute atomic E-state index is 0.0738. The molecule has 0 aliphatic rings. The molecule has 2 aromatic heterocycles. The van der Waals surface area contributed by atoms with Gasteiger partial charge in [0.25, 0.3) is 0 Å². The molecule has 2 aromatic rings. The van der Waals surface area contributed by atoms with Crippen LogP contribution in [-0.2, 0) is 5.41 Å². The lowest BCUT2D eigenvalue weighted by Crippen LogP contribution is -2.13. The molecule has 20 heavy (non-hydrogen) atoms. The zero-order chi connectivity index (χ0) is 15.0. The second-order valence-electron chi connectivity index (χ2n) is 6.90. The zero-order valence-corrected chi connectivity index (χ0v) is 14.8. The molecule has 0 fully saturated rings. The lowest BCUT2D eigenvalue weighted by Gasteiger charge is -2.17. The summed E-state index contributed by atoms with van der Waals surface area (Å²) >= 11 is 3.57. The van der Waals surface area contributed by atoms with Crippen LogP contribution >= 0.6 is 23.1 Å². The highest BCUT2D eigenvalue weighted by Gasteiger charge is 2.19. The Morgan fingerprint density at radius 1 is 1.25 bits per heavy atom. The van der Waals surface area contributed by atoms with Gasteiger partial charge in [-0.1, -0.05) is 52.9 Å². The second kappa shape index (κ2) is 5.56. The van der Waals surface area contributed by atoms with Crippen LogP contribution in [0.1, 0.15) is 47.2 Å². The van der Waals surface area contributed by atoms with E-state index in [2.05, 4.69) is 56.9 Å². The van der Waals surface area contributed by atoms with E-state index in [9.17, 15) is 0 Å².